The number of alkyl carbamates (subject to hydrolysis) is 1. The number of amides is 1. The molecule has 1 aliphatic heterocycles. The van der Waals surface area contributed by atoms with E-state index in [0.29, 0.717) is 25.8 Å². The lowest BCUT2D eigenvalue weighted by molar-refractivity contribution is -0.145. The number of carbonyl (C=O) groups excluding carboxylic acids is 2. The number of rotatable bonds is 9. The average molecular weight is 328 g/mol. The molecular weight excluding hydrogens is 300 g/mol. The summed E-state index contributed by atoms with van der Waals surface area (Å²) in [6, 6.07) is -0.641. The number of nitrogens with two attached hydrogens (primary N) is 1. The summed E-state index contributed by atoms with van der Waals surface area (Å²) in [7, 11) is 0. The van der Waals surface area contributed by atoms with Crippen LogP contribution in [0.1, 0.15) is 53.4 Å². The van der Waals surface area contributed by atoms with Crippen LogP contribution in [0.25, 0.3) is 0 Å². The average Bonchev–Trinajstić information content (AvgIpc) is 3.13. The van der Waals surface area contributed by atoms with Gasteiger partial charge in [0.25, 0.3) is 0 Å². The summed E-state index contributed by atoms with van der Waals surface area (Å²) < 4.78 is 10.2. The van der Waals surface area contributed by atoms with Crippen molar-refractivity contribution >= 4 is 12.1 Å². The Morgan fingerprint density at radius 1 is 1.26 bits per heavy atom. The van der Waals surface area contributed by atoms with Gasteiger partial charge in [-0.25, -0.2) is 4.79 Å². The first-order valence-corrected chi connectivity index (χ1v) is 7.94. The largest absolute Gasteiger partial charge is 0.464 e. The fraction of sp³-hybridized carbons (Fsp3) is 0.867. The number of ether oxygens (including phenoxy) is 2. The van der Waals surface area contributed by atoms with Crippen LogP contribution in [0.4, 0.5) is 4.79 Å². The zero-order chi connectivity index (χ0) is 17.5. The molecule has 0 spiro atoms. The Balaban J connectivity index is 2.01. The highest BCUT2D eigenvalue weighted by Crippen LogP contribution is 2.30. The van der Waals surface area contributed by atoms with Crippen LogP contribution < -0.4 is 11.1 Å². The molecule has 0 saturated carbocycles. The summed E-state index contributed by atoms with van der Waals surface area (Å²) in [5.74, 6) is -0.408. The molecule has 1 amide bonds. The van der Waals surface area contributed by atoms with Crippen molar-refractivity contribution in [3.8, 4) is 0 Å². The molecule has 8 nitrogen and oxygen atoms in total. The molecule has 132 valence electrons. The minimum atomic E-state index is -0.641. The molecule has 1 rings (SSSR count). The number of nitrogens with one attached hydrogen (secondary N) is 1. The number of unbranched alkanes of at least 4 members (excludes halogenated alkanes) is 1. The predicted molar refractivity (Wildman–Crippen MR) is 84.9 cm³/mol. The van der Waals surface area contributed by atoms with Crippen LogP contribution in [0.3, 0.4) is 0 Å². The summed E-state index contributed by atoms with van der Waals surface area (Å²) in [5, 5.41) is 10.3. The molecule has 0 unspecified atom stereocenters. The van der Waals surface area contributed by atoms with E-state index in [4.69, 9.17) is 15.2 Å². The van der Waals surface area contributed by atoms with Gasteiger partial charge in [-0.15, -0.1) is 0 Å². The van der Waals surface area contributed by atoms with Gasteiger partial charge in [0.05, 0.1) is 6.61 Å². The van der Waals surface area contributed by atoms with Gasteiger partial charge in [-0.3, -0.25) is 4.79 Å². The van der Waals surface area contributed by atoms with Gasteiger partial charge < -0.3 is 20.5 Å². The highest BCUT2D eigenvalue weighted by atomic mass is 16.6. The molecule has 0 aromatic rings. The third kappa shape index (κ3) is 9.12. The van der Waals surface area contributed by atoms with Gasteiger partial charge in [-0.2, -0.15) is 10.2 Å². The molecule has 3 N–H and O–H groups in total. The quantitative estimate of drug-likeness (QED) is 0.497. The van der Waals surface area contributed by atoms with E-state index in [9.17, 15) is 9.59 Å². The van der Waals surface area contributed by atoms with Gasteiger partial charge in [0.2, 0.25) is 0 Å². The van der Waals surface area contributed by atoms with Crippen LogP contribution in [-0.4, -0.2) is 42.5 Å². The van der Waals surface area contributed by atoms with Crippen molar-refractivity contribution in [3.63, 3.8) is 0 Å². The number of esters is 1. The van der Waals surface area contributed by atoms with Crippen molar-refractivity contribution in [2.45, 2.75) is 70.7 Å². The second-order valence-electron chi connectivity index (χ2n) is 6.87. The molecule has 8 heteroatoms. The lowest BCUT2D eigenvalue weighted by Gasteiger charge is -2.19. The summed E-state index contributed by atoms with van der Waals surface area (Å²) in [6.07, 6.45) is 2.10. The van der Waals surface area contributed by atoms with E-state index in [1.165, 1.54) is 0 Å². The van der Waals surface area contributed by atoms with Gasteiger partial charge in [0.15, 0.2) is 5.66 Å². The number of nitrogens with zero attached hydrogens (tertiary/aromatic N) is 2. The molecule has 0 aromatic carbocycles. The molecule has 1 atom stereocenters. The van der Waals surface area contributed by atoms with E-state index >= 15 is 0 Å². The van der Waals surface area contributed by atoms with Crippen molar-refractivity contribution in [2.75, 3.05) is 13.2 Å². The maximum atomic E-state index is 11.7. The van der Waals surface area contributed by atoms with Gasteiger partial charge >= 0.3 is 12.1 Å². The van der Waals surface area contributed by atoms with Gasteiger partial charge in [-0.1, -0.05) is 0 Å². The highest BCUT2D eigenvalue weighted by Gasteiger charge is 2.33. The van der Waals surface area contributed by atoms with Gasteiger partial charge in [0.1, 0.15) is 11.6 Å². The standard InChI is InChI=1S/C15H28N4O4/c1-14(2,3)23-13(21)17-9-6-5-7-11(16)12(20)22-10-8-15(4)18-19-15/h11H,5-10,16H2,1-4H3,(H,17,21)/t11-/m0/s1. The Morgan fingerprint density at radius 3 is 2.48 bits per heavy atom. The molecule has 1 heterocycles. The molecule has 0 fully saturated rings. The third-order valence-electron chi connectivity index (χ3n) is 3.17. The Bertz CT molecular complexity index is 439. The van der Waals surface area contributed by atoms with E-state index in [0.717, 1.165) is 6.42 Å². The van der Waals surface area contributed by atoms with Crippen LogP contribution in [0.15, 0.2) is 10.2 Å². The molecule has 0 radical (unpaired) electrons. The Labute approximate surface area is 137 Å². The zero-order valence-corrected chi connectivity index (χ0v) is 14.4. The van der Waals surface area contributed by atoms with Gasteiger partial charge in [0, 0.05) is 13.0 Å². The van der Waals surface area contributed by atoms with Crippen molar-refractivity contribution in [1.29, 1.82) is 0 Å². The minimum absolute atomic E-state index is 0.274. The van der Waals surface area contributed by atoms with Crippen molar-refractivity contribution in [1.82, 2.24) is 5.32 Å². The lowest BCUT2D eigenvalue weighted by atomic mass is 10.1. The van der Waals surface area contributed by atoms with Crippen LogP contribution in [-0.2, 0) is 14.3 Å². The van der Waals surface area contributed by atoms with E-state index in [1.807, 2.05) is 27.7 Å². The maximum Gasteiger partial charge on any atom is 0.407 e. The van der Waals surface area contributed by atoms with Gasteiger partial charge in [-0.05, 0) is 47.0 Å². The summed E-state index contributed by atoms with van der Waals surface area (Å²) >= 11 is 0. The fourth-order valence-corrected chi connectivity index (χ4v) is 1.75. The normalized spacial score (nSPS) is 16.6. The summed E-state index contributed by atoms with van der Waals surface area (Å²) in [6.45, 7) is 8.06. The summed E-state index contributed by atoms with van der Waals surface area (Å²) in [5.41, 5.74) is 4.91. The van der Waals surface area contributed by atoms with Crippen LogP contribution >= 0.6 is 0 Å². The van der Waals surface area contributed by atoms with Crippen molar-refractivity contribution < 1.29 is 19.1 Å². The predicted octanol–water partition coefficient (Wildman–Crippen LogP) is 2.12. The van der Waals surface area contributed by atoms with E-state index < -0.39 is 23.7 Å². The number of hydrogen-bond donors (Lipinski definition) is 2. The Hall–Kier alpha value is -1.70. The molecule has 0 aromatic heterocycles. The minimum Gasteiger partial charge on any atom is -0.464 e. The van der Waals surface area contributed by atoms with Crippen molar-refractivity contribution in [3.05, 3.63) is 0 Å². The van der Waals surface area contributed by atoms with E-state index in [2.05, 4.69) is 15.5 Å². The first-order valence-electron chi connectivity index (χ1n) is 7.94. The first-order chi connectivity index (χ1) is 10.6. The molecule has 0 aliphatic carbocycles. The smallest absolute Gasteiger partial charge is 0.407 e. The Morgan fingerprint density at radius 2 is 1.91 bits per heavy atom. The third-order valence-corrected chi connectivity index (χ3v) is 3.17. The lowest BCUT2D eigenvalue weighted by Crippen LogP contribution is -2.34. The van der Waals surface area contributed by atoms with Crippen LogP contribution in [0.5, 0.6) is 0 Å². The second kappa shape index (κ2) is 8.24. The van der Waals surface area contributed by atoms with E-state index in [-0.39, 0.29) is 12.3 Å². The SMILES string of the molecule is CC1(CCOC(=O)[C@@H](N)CCCCNC(=O)OC(C)(C)C)N=N1. The first kappa shape index (κ1) is 19.3. The topological polar surface area (TPSA) is 115 Å². The van der Waals surface area contributed by atoms with Crippen molar-refractivity contribution in [2.24, 2.45) is 16.0 Å². The Kier molecular flexibility index (Phi) is 6.93. The second-order valence-corrected chi connectivity index (χ2v) is 6.87. The molecule has 23 heavy (non-hydrogen) atoms. The zero-order valence-electron chi connectivity index (χ0n) is 14.4. The van der Waals surface area contributed by atoms with E-state index in [1.54, 1.807) is 0 Å². The molecule has 0 saturated heterocycles. The summed E-state index contributed by atoms with van der Waals surface area (Å²) in [4.78, 5) is 23.1. The maximum absolute atomic E-state index is 11.7. The monoisotopic (exact) mass is 328 g/mol. The fourth-order valence-electron chi connectivity index (χ4n) is 1.75. The van der Waals surface area contributed by atoms with Crippen LogP contribution in [0.2, 0.25) is 0 Å². The molecular formula is C15H28N4O4. The van der Waals surface area contributed by atoms with Crippen LogP contribution in [0, 0.1) is 0 Å². The molecule has 0 bridgehead atoms. The number of carbonyl (C=O) groups is 2. The molecule has 1 aliphatic rings. The number of hydrogen-bond acceptors (Lipinski definition) is 7. The highest BCUT2D eigenvalue weighted by molar-refractivity contribution is 5.75.